The number of aryl methyl sites for hydroxylation is 1. The van der Waals surface area contributed by atoms with Crippen molar-refractivity contribution in [3.8, 4) is 0 Å². The highest BCUT2D eigenvalue weighted by atomic mass is 16.5. The second kappa shape index (κ2) is 9.02. The lowest BCUT2D eigenvalue weighted by atomic mass is 9.90. The predicted molar refractivity (Wildman–Crippen MR) is 119 cm³/mol. The summed E-state index contributed by atoms with van der Waals surface area (Å²) in [5.74, 6) is -0.303. The van der Waals surface area contributed by atoms with Crippen LogP contribution in [0.1, 0.15) is 28.7 Å². The summed E-state index contributed by atoms with van der Waals surface area (Å²) in [6, 6.07) is 24.5. The number of nitrogens with two attached hydrogens (primary N) is 1. The largest absolute Gasteiger partial charge is 0.445 e. The van der Waals surface area contributed by atoms with Gasteiger partial charge in [0.15, 0.2) is 0 Å². The normalized spacial score (nSPS) is 16.9. The summed E-state index contributed by atoms with van der Waals surface area (Å²) >= 11 is 0. The minimum Gasteiger partial charge on any atom is -0.445 e. The standard InChI is InChI=1S/C25H25N3O3/c26-16-19-9-6-11-21(15-19)27-23(29)25(14-13-20-10-4-5-12-22(20)25)28-24(30)31-17-18-7-2-1-3-8-18/h1-12,15H,13-14,16-17,26H2,(H,27,29)(H,28,30)/t25-/m0/s1. The maximum Gasteiger partial charge on any atom is 0.408 e. The van der Waals surface area contributed by atoms with Crippen molar-refractivity contribution in [1.82, 2.24) is 5.32 Å². The number of hydrogen-bond donors (Lipinski definition) is 3. The topological polar surface area (TPSA) is 93.5 Å². The zero-order valence-corrected chi connectivity index (χ0v) is 17.1. The fraction of sp³-hybridized carbons (Fsp3) is 0.200. The molecule has 1 aliphatic rings. The molecule has 4 rings (SSSR count). The molecular weight excluding hydrogens is 390 g/mol. The molecule has 0 aliphatic heterocycles. The maximum atomic E-state index is 13.5. The van der Waals surface area contributed by atoms with Crippen molar-refractivity contribution in [3.05, 3.63) is 101 Å². The molecule has 3 aromatic carbocycles. The highest BCUT2D eigenvalue weighted by Gasteiger charge is 2.47. The van der Waals surface area contributed by atoms with Crippen molar-refractivity contribution in [2.45, 2.75) is 31.5 Å². The van der Waals surface area contributed by atoms with Gasteiger partial charge < -0.3 is 21.1 Å². The summed E-state index contributed by atoms with van der Waals surface area (Å²) in [5, 5.41) is 5.82. The van der Waals surface area contributed by atoms with E-state index in [4.69, 9.17) is 10.5 Å². The summed E-state index contributed by atoms with van der Waals surface area (Å²) in [6.45, 7) is 0.506. The van der Waals surface area contributed by atoms with E-state index in [1.807, 2.05) is 72.8 Å². The number of amides is 2. The van der Waals surface area contributed by atoms with Crippen LogP contribution in [0.4, 0.5) is 10.5 Å². The number of carbonyl (C=O) groups excluding carboxylic acids is 2. The Morgan fingerprint density at radius 1 is 0.935 bits per heavy atom. The van der Waals surface area contributed by atoms with Crippen molar-refractivity contribution in [3.63, 3.8) is 0 Å². The Morgan fingerprint density at radius 3 is 2.48 bits per heavy atom. The number of rotatable bonds is 6. The fourth-order valence-electron chi connectivity index (χ4n) is 3.98. The van der Waals surface area contributed by atoms with Crippen LogP contribution in [0.25, 0.3) is 0 Å². The first-order chi connectivity index (χ1) is 15.1. The highest BCUT2D eigenvalue weighted by molar-refractivity contribution is 6.01. The number of ether oxygens (including phenoxy) is 1. The molecule has 2 amide bonds. The SMILES string of the molecule is NCc1cccc(NC(=O)[C@]2(NC(=O)OCc3ccccc3)CCc3ccccc32)c1. The lowest BCUT2D eigenvalue weighted by molar-refractivity contribution is -0.122. The summed E-state index contributed by atoms with van der Waals surface area (Å²) in [5.41, 5.74) is 8.77. The van der Waals surface area contributed by atoms with Crippen molar-refractivity contribution in [1.29, 1.82) is 0 Å². The third-order valence-electron chi connectivity index (χ3n) is 5.58. The predicted octanol–water partition coefficient (Wildman–Crippen LogP) is 3.85. The van der Waals surface area contributed by atoms with Crippen LogP contribution in [0.5, 0.6) is 0 Å². The molecule has 0 spiro atoms. The Hall–Kier alpha value is -3.64. The average Bonchev–Trinajstić information content (AvgIpc) is 3.18. The lowest BCUT2D eigenvalue weighted by Crippen LogP contribution is -2.53. The molecule has 31 heavy (non-hydrogen) atoms. The van der Waals surface area contributed by atoms with Gasteiger partial charge in [-0.2, -0.15) is 0 Å². The number of benzene rings is 3. The van der Waals surface area contributed by atoms with E-state index >= 15 is 0 Å². The molecule has 0 fully saturated rings. The Morgan fingerprint density at radius 2 is 1.68 bits per heavy atom. The number of carbonyl (C=O) groups is 2. The lowest BCUT2D eigenvalue weighted by Gasteiger charge is -2.30. The monoisotopic (exact) mass is 415 g/mol. The van der Waals surface area contributed by atoms with Gasteiger partial charge in [-0.05, 0) is 47.2 Å². The number of anilines is 1. The van der Waals surface area contributed by atoms with Gasteiger partial charge in [-0.15, -0.1) is 0 Å². The molecule has 6 nitrogen and oxygen atoms in total. The Kier molecular flexibility index (Phi) is 6.00. The van der Waals surface area contributed by atoms with Crippen molar-refractivity contribution in [2.75, 3.05) is 5.32 Å². The van der Waals surface area contributed by atoms with Gasteiger partial charge in [-0.3, -0.25) is 4.79 Å². The zero-order valence-electron chi connectivity index (χ0n) is 17.1. The molecule has 0 saturated heterocycles. The van der Waals surface area contributed by atoms with Crippen LogP contribution >= 0.6 is 0 Å². The molecule has 1 aliphatic carbocycles. The average molecular weight is 415 g/mol. The van der Waals surface area contributed by atoms with Gasteiger partial charge >= 0.3 is 6.09 Å². The van der Waals surface area contributed by atoms with E-state index in [-0.39, 0.29) is 12.5 Å². The van der Waals surface area contributed by atoms with E-state index in [1.165, 1.54) is 0 Å². The summed E-state index contributed by atoms with van der Waals surface area (Å²) in [4.78, 5) is 26.2. The van der Waals surface area contributed by atoms with Crippen LogP contribution in [0.3, 0.4) is 0 Å². The van der Waals surface area contributed by atoms with E-state index < -0.39 is 11.6 Å². The third-order valence-corrected chi connectivity index (χ3v) is 5.58. The minimum absolute atomic E-state index is 0.130. The number of alkyl carbamates (subject to hydrolysis) is 1. The van der Waals surface area contributed by atoms with Gasteiger partial charge in [0.1, 0.15) is 12.1 Å². The van der Waals surface area contributed by atoms with E-state index in [2.05, 4.69) is 10.6 Å². The first-order valence-electron chi connectivity index (χ1n) is 10.3. The van der Waals surface area contributed by atoms with Crippen LogP contribution in [0.15, 0.2) is 78.9 Å². The third kappa shape index (κ3) is 4.44. The number of nitrogens with one attached hydrogen (secondary N) is 2. The maximum absolute atomic E-state index is 13.5. The first-order valence-corrected chi connectivity index (χ1v) is 10.3. The van der Waals surface area contributed by atoms with Gasteiger partial charge in [-0.25, -0.2) is 4.79 Å². The summed E-state index contributed by atoms with van der Waals surface area (Å²) < 4.78 is 5.42. The Balaban J connectivity index is 1.57. The smallest absolute Gasteiger partial charge is 0.408 e. The van der Waals surface area contributed by atoms with Crippen molar-refractivity contribution >= 4 is 17.7 Å². The zero-order chi connectivity index (χ0) is 21.7. The molecule has 0 radical (unpaired) electrons. The van der Waals surface area contributed by atoms with E-state index in [1.54, 1.807) is 6.07 Å². The number of fused-ring (bicyclic) bond motifs is 1. The Bertz CT molecular complexity index is 1080. The quantitative estimate of drug-likeness (QED) is 0.570. The fourth-order valence-corrected chi connectivity index (χ4v) is 3.98. The molecule has 0 unspecified atom stereocenters. The molecule has 1 atom stereocenters. The van der Waals surface area contributed by atoms with Crippen LogP contribution in [0, 0.1) is 0 Å². The van der Waals surface area contributed by atoms with Gasteiger partial charge in [0.2, 0.25) is 0 Å². The second-order valence-corrected chi connectivity index (χ2v) is 7.61. The van der Waals surface area contributed by atoms with Crippen LogP contribution in [-0.2, 0) is 34.6 Å². The molecule has 158 valence electrons. The minimum atomic E-state index is -1.21. The van der Waals surface area contributed by atoms with Crippen molar-refractivity contribution < 1.29 is 14.3 Å². The summed E-state index contributed by atoms with van der Waals surface area (Å²) in [6.07, 6.45) is 0.507. The van der Waals surface area contributed by atoms with E-state index in [0.29, 0.717) is 25.1 Å². The molecule has 0 bridgehead atoms. The van der Waals surface area contributed by atoms with Crippen molar-refractivity contribution in [2.24, 2.45) is 5.73 Å². The molecule has 0 heterocycles. The van der Waals surface area contributed by atoms with Crippen LogP contribution in [-0.4, -0.2) is 12.0 Å². The molecule has 4 N–H and O–H groups in total. The molecule has 0 saturated carbocycles. The van der Waals surface area contributed by atoms with Crippen LogP contribution < -0.4 is 16.4 Å². The van der Waals surface area contributed by atoms with Gasteiger partial charge in [-0.1, -0.05) is 66.7 Å². The second-order valence-electron chi connectivity index (χ2n) is 7.61. The first kappa shape index (κ1) is 20.6. The van der Waals surface area contributed by atoms with Crippen LogP contribution in [0.2, 0.25) is 0 Å². The van der Waals surface area contributed by atoms with E-state index in [0.717, 1.165) is 22.3 Å². The highest BCUT2D eigenvalue weighted by Crippen LogP contribution is 2.38. The molecule has 6 heteroatoms. The summed E-state index contributed by atoms with van der Waals surface area (Å²) in [7, 11) is 0. The van der Waals surface area contributed by atoms with Gasteiger partial charge in [0, 0.05) is 12.2 Å². The molecule has 0 aromatic heterocycles. The number of hydrogen-bond acceptors (Lipinski definition) is 4. The van der Waals surface area contributed by atoms with Gasteiger partial charge in [0.05, 0.1) is 0 Å². The van der Waals surface area contributed by atoms with Gasteiger partial charge in [0.25, 0.3) is 5.91 Å². The molecular formula is C25H25N3O3. The molecule has 3 aromatic rings. The Labute approximate surface area is 181 Å². The van der Waals surface area contributed by atoms with E-state index in [9.17, 15) is 9.59 Å².